The summed E-state index contributed by atoms with van der Waals surface area (Å²) in [7, 11) is 0. The Morgan fingerprint density at radius 2 is 2.70 bits per heavy atom. The van der Waals surface area contributed by atoms with E-state index in [0.29, 0.717) is 5.82 Å². The van der Waals surface area contributed by atoms with Gasteiger partial charge in [0.05, 0.1) is 0 Å². The van der Waals surface area contributed by atoms with Crippen LogP contribution >= 0.6 is 0 Å². The third-order valence-corrected chi connectivity index (χ3v) is 1.10. The molecule has 0 radical (unpaired) electrons. The average molecular weight is 137 g/mol. The summed E-state index contributed by atoms with van der Waals surface area (Å²) >= 11 is 0. The Bertz CT molecular complexity index is 257. The second kappa shape index (κ2) is 2.89. The molecule has 52 valence electrons. The first-order valence-corrected chi connectivity index (χ1v) is 2.95. The summed E-state index contributed by atoms with van der Waals surface area (Å²) in [5, 5.41) is 7.24. The van der Waals surface area contributed by atoms with Crippen LogP contribution in [0.1, 0.15) is 6.92 Å². The summed E-state index contributed by atoms with van der Waals surface area (Å²) in [6.07, 6.45) is 1.77. The molecule has 0 aromatic carbocycles. The van der Waals surface area contributed by atoms with Crippen molar-refractivity contribution in [1.82, 2.24) is 9.78 Å². The molecule has 0 N–H and O–H groups in total. The highest BCUT2D eigenvalue weighted by Crippen LogP contribution is 2.05. The maximum Gasteiger partial charge on any atom is 0.148 e. The number of aryl methyl sites for hydroxylation is 1. The van der Waals surface area contributed by atoms with Gasteiger partial charge in [0, 0.05) is 17.7 Å². The number of rotatable bonds is 2. The van der Waals surface area contributed by atoms with E-state index in [2.05, 4.69) is 15.1 Å². The highest BCUT2D eigenvalue weighted by molar-refractivity contribution is 5.22. The summed E-state index contributed by atoms with van der Waals surface area (Å²) in [5.74, 6) is 0.421. The Morgan fingerprint density at radius 1 is 1.90 bits per heavy atom. The fraction of sp³-hybridized carbons (Fsp3) is 0.400. The summed E-state index contributed by atoms with van der Waals surface area (Å²) in [6.45, 7) is 2.76. The van der Waals surface area contributed by atoms with Gasteiger partial charge in [-0.1, -0.05) is 0 Å². The number of hydrogen-bond acceptors (Lipinski definition) is 2. The Morgan fingerprint density at radius 3 is 3.20 bits per heavy atom. The molecule has 0 unspecified atom stereocenters. The molecule has 10 heavy (non-hydrogen) atoms. The van der Waals surface area contributed by atoms with Crippen LogP contribution in [0.2, 0.25) is 0 Å². The molecule has 1 aromatic heterocycles. The molecule has 1 heterocycles. The van der Waals surface area contributed by atoms with E-state index in [-0.39, 0.29) is 0 Å². The lowest BCUT2D eigenvalue weighted by Gasteiger charge is -1.89. The minimum absolute atomic E-state index is 0.421. The Hall–Kier alpha value is -1.48. The smallest absolute Gasteiger partial charge is 0.148 e. The quantitative estimate of drug-likeness (QED) is 0.348. The van der Waals surface area contributed by atoms with Crippen LogP contribution in [0, 0.1) is 0 Å². The molecule has 0 saturated heterocycles. The molecule has 0 aliphatic heterocycles. The Labute approximate surface area is 57.9 Å². The first-order chi connectivity index (χ1) is 4.86. The van der Waals surface area contributed by atoms with E-state index in [0.717, 1.165) is 6.54 Å². The lowest BCUT2D eigenvalue weighted by molar-refractivity contribution is 0.661. The van der Waals surface area contributed by atoms with Crippen molar-refractivity contribution >= 4 is 5.82 Å². The molecule has 0 saturated carbocycles. The van der Waals surface area contributed by atoms with Crippen LogP contribution in [0.15, 0.2) is 17.4 Å². The predicted molar refractivity (Wildman–Crippen MR) is 36.7 cm³/mol. The average Bonchev–Trinajstić information content (AvgIpc) is 2.37. The topological polar surface area (TPSA) is 66.6 Å². The summed E-state index contributed by atoms with van der Waals surface area (Å²) in [4.78, 5) is 2.60. The highest BCUT2D eigenvalue weighted by Gasteiger charge is 1.90. The summed E-state index contributed by atoms with van der Waals surface area (Å²) in [6, 6.07) is 1.67. The largest absolute Gasteiger partial charge is 0.273 e. The molecule has 0 aliphatic carbocycles. The third-order valence-electron chi connectivity index (χ3n) is 1.10. The summed E-state index contributed by atoms with van der Waals surface area (Å²) < 4.78 is 1.70. The van der Waals surface area contributed by atoms with E-state index < -0.39 is 0 Å². The van der Waals surface area contributed by atoms with Crippen molar-refractivity contribution in [3.8, 4) is 0 Å². The van der Waals surface area contributed by atoms with E-state index in [1.807, 2.05) is 6.92 Å². The number of azide groups is 1. The molecule has 5 heteroatoms. The van der Waals surface area contributed by atoms with Gasteiger partial charge >= 0.3 is 0 Å². The van der Waals surface area contributed by atoms with Gasteiger partial charge in [0.25, 0.3) is 0 Å². The van der Waals surface area contributed by atoms with Gasteiger partial charge in [0.1, 0.15) is 5.82 Å². The van der Waals surface area contributed by atoms with Gasteiger partial charge in [-0.15, -0.1) is 0 Å². The van der Waals surface area contributed by atoms with Gasteiger partial charge < -0.3 is 0 Å². The van der Waals surface area contributed by atoms with Crippen molar-refractivity contribution < 1.29 is 0 Å². The number of nitrogens with zero attached hydrogens (tertiary/aromatic N) is 5. The van der Waals surface area contributed by atoms with Crippen molar-refractivity contribution in [3.63, 3.8) is 0 Å². The van der Waals surface area contributed by atoms with Crippen LogP contribution < -0.4 is 0 Å². The maximum absolute atomic E-state index is 8.01. The Balaban J connectivity index is 2.87. The van der Waals surface area contributed by atoms with E-state index in [4.69, 9.17) is 5.53 Å². The zero-order valence-corrected chi connectivity index (χ0v) is 5.60. The lowest BCUT2D eigenvalue weighted by atomic mass is 10.7. The van der Waals surface area contributed by atoms with E-state index in [1.54, 1.807) is 16.9 Å². The predicted octanol–water partition coefficient (Wildman–Crippen LogP) is 1.84. The normalized spacial score (nSPS) is 8.90. The molecule has 5 nitrogen and oxygen atoms in total. The van der Waals surface area contributed by atoms with Crippen LogP contribution in [0.3, 0.4) is 0 Å². The molecule has 0 atom stereocenters. The molecular formula is C5H7N5. The fourth-order valence-electron chi connectivity index (χ4n) is 0.626. The van der Waals surface area contributed by atoms with Crippen LogP contribution in [-0.2, 0) is 6.54 Å². The second-order valence-electron chi connectivity index (χ2n) is 1.72. The van der Waals surface area contributed by atoms with Gasteiger partial charge in [-0.05, 0) is 23.6 Å². The van der Waals surface area contributed by atoms with Crippen molar-refractivity contribution in [2.75, 3.05) is 0 Å². The van der Waals surface area contributed by atoms with Crippen molar-refractivity contribution in [2.24, 2.45) is 5.11 Å². The van der Waals surface area contributed by atoms with Crippen LogP contribution in [-0.4, -0.2) is 9.78 Å². The maximum atomic E-state index is 8.01. The van der Waals surface area contributed by atoms with E-state index in [1.165, 1.54) is 0 Å². The number of aromatic nitrogens is 2. The minimum Gasteiger partial charge on any atom is -0.273 e. The van der Waals surface area contributed by atoms with Gasteiger partial charge in [0.15, 0.2) is 0 Å². The zero-order valence-electron chi connectivity index (χ0n) is 5.60. The summed E-state index contributed by atoms with van der Waals surface area (Å²) in [5.41, 5.74) is 8.01. The van der Waals surface area contributed by atoms with Crippen LogP contribution in [0.25, 0.3) is 10.4 Å². The van der Waals surface area contributed by atoms with Crippen molar-refractivity contribution in [1.29, 1.82) is 0 Å². The minimum atomic E-state index is 0.421. The SMILES string of the molecule is CCn1ccc(N=[N+]=[N-])n1. The zero-order chi connectivity index (χ0) is 7.40. The van der Waals surface area contributed by atoms with Crippen LogP contribution in [0.5, 0.6) is 0 Å². The first kappa shape index (κ1) is 6.64. The molecule has 0 aliphatic rings. The van der Waals surface area contributed by atoms with Crippen molar-refractivity contribution in [3.05, 3.63) is 22.7 Å². The molecule has 0 fully saturated rings. The molecular weight excluding hydrogens is 130 g/mol. The molecule has 1 aromatic rings. The standard InChI is InChI=1S/C5H7N5/c1-2-10-4-3-5(8-10)7-9-6/h3-4H,2H2,1H3. The van der Waals surface area contributed by atoms with E-state index >= 15 is 0 Å². The Kier molecular flexibility index (Phi) is 1.92. The van der Waals surface area contributed by atoms with Gasteiger partial charge in [0.2, 0.25) is 0 Å². The van der Waals surface area contributed by atoms with Gasteiger partial charge in [-0.3, -0.25) is 4.68 Å². The van der Waals surface area contributed by atoms with Crippen LogP contribution in [0.4, 0.5) is 5.82 Å². The second-order valence-corrected chi connectivity index (χ2v) is 1.72. The monoisotopic (exact) mass is 137 g/mol. The molecule has 0 bridgehead atoms. The number of hydrogen-bond donors (Lipinski definition) is 0. The third kappa shape index (κ3) is 1.27. The van der Waals surface area contributed by atoms with Crippen molar-refractivity contribution in [2.45, 2.75) is 13.5 Å². The molecule has 0 spiro atoms. The first-order valence-electron chi connectivity index (χ1n) is 2.95. The lowest BCUT2D eigenvalue weighted by Crippen LogP contribution is -1.92. The molecule has 0 amide bonds. The highest BCUT2D eigenvalue weighted by atomic mass is 15.3. The van der Waals surface area contributed by atoms with E-state index in [9.17, 15) is 0 Å². The van der Waals surface area contributed by atoms with Gasteiger partial charge in [-0.25, -0.2) is 0 Å². The van der Waals surface area contributed by atoms with Gasteiger partial charge in [-0.2, -0.15) is 5.10 Å². The fourth-order valence-corrected chi connectivity index (χ4v) is 0.626. The molecule has 1 rings (SSSR count).